The molecular weight excluding hydrogens is 502 g/mol. The largest absolute Gasteiger partial charge is 0.382 e. The molecular formula is C27H33N7O5. The van der Waals surface area contributed by atoms with E-state index in [1.165, 1.54) is 11.2 Å². The Morgan fingerprint density at radius 3 is 2.54 bits per heavy atom. The molecule has 2 aromatic heterocycles. The third kappa shape index (κ3) is 4.18. The minimum atomic E-state index is -0.966. The number of imidazole rings is 1. The molecule has 12 nitrogen and oxygen atoms in total. The molecule has 3 aromatic rings. The predicted octanol–water partition coefficient (Wildman–Crippen LogP) is 2.01. The van der Waals surface area contributed by atoms with Crippen LogP contribution in [0, 0.1) is 0 Å². The number of hydrogen-bond acceptors (Lipinski definition) is 10. The van der Waals surface area contributed by atoms with Crippen molar-refractivity contribution in [1.82, 2.24) is 29.3 Å². The van der Waals surface area contributed by atoms with Crippen molar-refractivity contribution in [2.24, 2.45) is 0 Å². The average molecular weight is 536 g/mol. The number of fused-ring (bicyclic) bond motifs is 3. The highest BCUT2D eigenvalue weighted by Gasteiger charge is 2.63. The fraction of sp³-hybridized carbons (Fsp3) is 0.519. The Balaban J connectivity index is 1.18. The second-order valence-corrected chi connectivity index (χ2v) is 11.0. The Labute approximate surface area is 226 Å². The summed E-state index contributed by atoms with van der Waals surface area (Å²) in [5, 5.41) is 0. The van der Waals surface area contributed by atoms with Gasteiger partial charge in [0.15, 0.2) is 17.3 Å². The molecule has 2 fully saturated rings. The van der Waals surface area contributed by atoms with Crippen molar-refractivity contribution in [1.29, 1.82) is 0 Å². The number of carbonyl (C=O) groups excluding carboxylic acids is 2. The Hall–Kier alpha value is -3.45. The molecule has 3 aliphatic rings. The van der Waals surface area contributed by atoms with Crippen LogP contribution >= 0.6 is 0 Å². The van der Waals surface area contributed by atoms with E-state index in [4.69, 9.17) is 19.9 Å². The number of carbonyl (C=O) groups is 2. The normalized spacial score (nSPS) is 25.8. The van der Waals surface area contributed by atoms with Crippen molar-refractivity contribution >= 4 is 28.8 Å². The number of imide groups is 1. The van der Waals surface area contributed by atoms with E-state index in [2.05, 4.69) is 33.7 Å². The summed E-state index contributed by atoms with van der Waals surface area (Å²) < 4.78 is 21.1. The molecule has 6 rings (SSSR count). The van der Waals surface area contributed by atoms with Gasteiger partial charge in [0.25, 0.3) is 11.8 Å². The van der Waals surface area contributed by atoms with Gasteiger partial charge in [-0.3, -0.25) is 24.0 Å². The van der Waals surface area contributed by atoms with Gasteiger partial charge in [0.2, 0.25) is 5.72 Å². The van der Waals surface area contributed by atoms with Crippen LogP contribution in [0.2, 0.25) is 0 Å². The van der Waals surface area contributed by atoms with Crippen LogP contribution < -0.4 is 5.73 Å². The van der Waals surface area contributed by atoms with E-state index in [1.807, 2.05) is 18.4 Å². The number of benzene rings is 1. The first-order valence-electron chi connectivity index (χ1n) is 13.2. The lowest BCUT2D eigenvalue weighted by Gasteiger charge is -2.32. The van der Waals surface area contributed by atoms with Gasteiger partial charge >= 0.3 is 0 Å². The second-order valence-electron chi connectivity index (χ2n) is 11.0. The highest BCUT2D eigenvalue weighted by atomic mass is 16.8. The molecule has 206 valence electrons. The fourth-order valence-electron chi connectivity index (χ4n) is 5.90. The summed E-state index contributed by atoms with van der Waals surface area (Å²) >= 11 is 0. The van der Waals surface area contributed by atoms with E-state index in [0.29, 0.717) is 54.2 Å². The van der Waals surface area contributed by atoms with Gasteiger partial charge in [0.1, 0.15) is 24.1 Å². The predicted molar refractivity (Wildman–Crippen MR) is 141 cm³/mol. The van der Waals surface area contributed by atoms with Crippen molar-refractivity contribution in [3.8, 4) is 0 Å². The summed E-state index contributed by atoms with van der Waals surface area (Å²) in [6, 6.07) is 7.16. The lowest BCUT2D eigenvalue weighted by Crippen LogP contribution is -2.48. The Morgan fingerprint density at radius 2 is 1.85 bits per heavy atom. The summed E-state index contributed by atoms with van der Waals surface area (Å²) in [5.74, 6) is -1.02. The first kappa shape index (κ1) is 25.8. The monoisotopic (exact) mass is 535 g/mol. The molecule has 0 radical (unpaired) electrons. The molecule has 12 heteroatoms. The number of hydrogen-bond donors (Lipinski definition) is 1. The Bertz CT molecular complexity index is 1400. The van der Waals surface area contributed by atoms with E-state index < -0.39 is 17.6 Å². The first-order chi connectivity index (χ1) is 18.6. The molecule has 0 aliphatic carbocycles. The zero-order valence-electron chi connectivity index (χ0n) is 22.5. The van der Waals surface area contributed by atoms with E-state index in [9.17, 15) is 9.59 Å². The van der Waals surface area contributed by atoms with Gasteiger partial charge in [-0.1, -0.05) is 12.1 Å². The highest BCUT2D eigenvalue weighted by molar-refractivity contribution is 6.21. The van der Waals surface area contributed by atoms with Crippen LogP contribution in [0.3, 0.4) is 0 Å². The van der Waals surface area contributed by atoms with Gasteiger partial charge < -0.3 is 19.9 Å². The molecule has 2 saturated heterocycles. The molecule has 2 amide bonds. The van der Waals surface area contributed by atoms with Crippen LogP contribution in [-0.4, -0.2) is 91.4 Å². The van der Waals surface area contributed by atoms with Crippen molar-refractivity contribution in [3.63, 3.8) is 0 Å². The lowest BCUT2D eigenvalue weighted by atomic mass is 10.0. The maximum absolute atomic E-state index is 12.8. The molecule has 5 heterocycles. The number of nitrogens with two attached hydrogens (primary N) is 1. The smallest absolute Gasteiger partial charge is 0.261 e. The maximum Gasteiger partial charge on any atom is 0.261 e. The van der Waals surface area contributed by atoms with E-state index in [1.54, 1.807) is 30.6 Å². The summed E-state index contributed by atoms with van der Waals surface area (Å²) in [7, 11) is 0. The summed E-state index contributed by atoms with van der Waals surface area (Å²) in [6.45, 7) is 9.85. The molecule has 0 bridgehead atoms. The number of nitrogen functional groups attached to an aromatic ring is 1. The number of nitrogens with zero attached hydrogens (tertiary/aromatic N) is 6. The third-order valence-electron chi connectivity index (χ3n) is 7.74. The van der Waals surface area contributed by atoms with Crippen LogP contribution in [0.25, 0.3) is 11.2 Å². The first-order valence-corrected chi connectivity index (χ1v) is 13.2. The maximum atomic E-state index is 12.8. The van der Waals surface area contributed by atoms with Crippen molar-refractivity contribution in [2.75, 3.05) is 32.0 Å². The second kappa shape index (κ2) is 9.33. The molecule has 0 spiro atoms. The standard InChI is InChI=1S/C27H33N7O5/c1-16(2)32(10-7-11-33-24(35)17-8-5-6-9-18(17)25(33)36)12-19-21-27(13-37-19,39-26(3,4)38-21)34-15-31-20-22(28)29-14-30-23(20)34/h5-6,8-9,14-16,19,21H,7,10-13H2,1-4H3,(H2,28,29,30). The number of aromatic nitrogens is 4. The minimum absolute atomic E-state index is 0.197. The highest BCUT2D eigenvalue weighted by Crippen LogP contribution is 2.47. The van der Waals surface area contributed by atoms with Crippen molar-refractivity contribution in [2.45, 2.75) is 63.9 Å². The lowest BCUT2D eigenvalue weighted by molar-refractivity contribution is -0.205. The van der Waals surface area contributed by atoms with Crippen molar-refractivity contribution < 1.29 is 23.8 Å². The zero-order valence-corrected chi connectivity index (χ0v) is 22.5. The summed E-state index contributed by atoms with van der Waals surface area (Å²) in [6.07, 6.45) is 2.97. The number of anilines is 1. The fourth-order valence-corrected chi connectivity index (χ4v) is 5.90. The van der Waals surface area contributed by atoms with Crippen LogP contribution in [0.5, 0.6) is 0 Å². The summed E-state index contributed by atoms with van der Waals surface area (Å²) in [5.41, 5.74) is 7.07. The third-order valence-corrected chi connectivity index (χ3v) is 7.74. The van der Waals surface area contributed by atoms with Gasteiger partial charge in [-0.2, -0.15) is 0 Å². The number of rotatable bonds is 8. The average Bonchev–Trinajstić information content (AvgIpc) is 3.60. The van der Waals surface area contributed by atoms with Gasteiger partial charge in [-0.05, 0) is 46.2 Å². The molecule has 3 atom stereocenters. The molecule has 3 unspecified atom stereocenters. The number of amides is 2. The van der Waals surface area contributed by atoms with Crippen molar-refractivity contribution in [3.05, 3.63) is 48.0 Å². The zero-order chi connectivity index (χ0) is 27.5. The molecule has 0 saturated carbocycles. The minimum Gasteiger partial charge on any atom is -0.382 e. The topological polar surface area (TPSA) is 138 Å². The molecule has 39 heavy (non-hydrogen) atoms. The van der Waals surface area contributed by atoms with E-state index in [-0.39, 0.29) is 30.6 Å². The summed E-state index contributed by atoms with van der Waals surface area (Å²) in [4.78, 5) is 42.0. The van der Waals surface area contributed by atoms with Gasteiger partial charge in [-0.25, -0.2) is 15.0 Å². The van der Waals surface area contributed by atoms with E-state index >= 15 is 0 Å². The SMILES string of the molecule is CC(C)N(CCCN1C(=O)c2ccccc2C1=O)CC1OCC2(n3cnc4c(N)ncnc43)OC(C)(C)OC12. The van der Waals surface area contributed by atoms with Crippen LogP contribution in [-0.2, 0) is 19.9 Å². The molecule has 1 aromatic carbocycles. The molecule has 3 aliphatic heterocycles. The van der Waals surface area contributed by atoms with E-state index in [0.717, 1.165) is 0 Å². The Kier molecular flexibility index (Phi) is 6.18. The van der Waals surface area contributed by atoms with Crippen LogP contribution in [0.1, 0.15) is 54.8 Å². The van der Waals surface area contributed by atoms with Gasteiger partial charge in [0, 0.05) is 25.7 Å². The van der Waals surface area contributed by atoms with Crippen LogP contribution in [0.4, 0.5) is 5.82 Å². The molecule has 2 N–H and O–H groups in total. The Morgan fingerprint density at radius 1 is 1.13 bits per heavy atom. The van der Waals surface area contributed by atoms with Crippen LogP contribution in [0.15, 0.2) is 36.9 Å². The quantitative estimate of drug-likeness (QED) is 0.426. The number of ether oxygens (including phenoxy) is 3. The van der Waals surface area contributed by atoms with Gasteiger partial charge in [0.05, 0.1) is 24.1 Å². The van der Waals surface area contributed by atoms with Gasteiger partial charge in [-0.15, -0.1) is 0 Å².